The number of hydrazine groups is 1. The van der Waals surface area contributed by atoms with Gasteiger partial charge in [0.25, 0.3) is 5.91 Å². The number of carbonyl (C=O) groups excluding carboxylic acids is 2. The van der Waals surface area contributed by atoms with E-state index in [-0.39, 0.29) is 5.96 Å². The minimum atomic E-state index is -0.471. The summed E-state index contributed by atoms with van der Waals surface area (Å²) in [5, 5.41) is 1.13. The fourth-order valence-corrected chi connectivity index (χ4v) is 3.63. The van der Waals surface area contributed by atoms with Gasteiger partial charge in [-0.25, -0.2) is 4.99 Å². The van der Waals surface area contributed by atoms with Gasteiger partial charge in [0.1, 0.15) is 17.3 Å². The van der Waals surface area contributed by atoms with Crippen molar-refractivity contribution in [1.82, 2.24) is 20.3 Å². The molecular formula is C21H22N6O4. The molecule has 2 aromatic rings. The molecule has 10 nitrogen and oxygen atoms in total. The number of rotatable bonds is 3. The Balaban J connectivity index is 1.91. The Morgan fingerprint density at radius 1 is 1.26 bits per heavy atom. The molecule has 10 heteroatoms. The fraction of sp³-hybridized carbons (Fsp3) is 0.286. The van der Waals surface area contributed by atoms with E-state index in [2.05, 4.69) is 15.4 Å². The maximum Gasteiger partial charge on any atom is 0.281 e. The molecule has 0 atom stereocenters. The Bertz CT molecular complexity index is 1110. The first-order valence-corrected chi connectivity index (χ1v) is 9.64. The number of hydrogen-bond acceptors (Lipinski definition) is 8. The molecule has 0 bridgehead atoms. The molecule has 0 aliphatic carbocycles. The second kappa shape index (κ2) is 8.05. The normalized spacial score (nSPS) is 14.1. The maximum absolute atomic E-state index is 13.3. The average Bonchev–Trinajstić information content (AvgIpc) is 3.27. The molecule has 0 unspecified atom stereocenters. The van der Waals surface area contributed by atoms with Crippen molar-refractivity contribution in [2.45, 2.75) is 13.8 Å². The van der Waals surface area contributed by atoms with Gasteiger partial charge < -0.3 is 9.47 Å². The van der Waals surface area contributed by atoms with Crippen molar-refractivity contribution >= 4 is 29.3 Å². The van der Waals surface area contributed by atoms with Crippen LogP contribution < -0.4 is 14.9 Å². The number of aromatic nitrogens is 1. The van der Waals surface area contributed by atoms with Crippen molar-refractivity contribution in [3.8, 4) is 11.5 Å². The summed E-state index contributed by atoms with van der Waals surface area (Å²) in [6.07, 6.45) is 3.00. The van der Waals surface area contributed by atoms with E-state index in [0.717, 1.165) is 16.1 Å². The van der Waals surface area contributed by atoms with E-state index < -0.39 is 11.8 Å². The van der Waals surface area contributed by atoms with E-state index in [4.69, 9.17) is 14.5 Å². The monoisotopic (exact) mass is 422 g/mol. The highest BCUT2D eigenvalue weighted by Crippen LogP contribution is 2.43. The first-order chi connectivity index (χ1) is 15.0. The summed E-state index contributed by atoms with van der Waals surface area (Å²) in [6.45, 7) is 4.21. The zero-order valence-corrected chi connectivity index (χ0v) is 17.7. The Hall–Kier alpha value is -3.95. The number of benzene rings is 1. The van der Waals surface area contributed by atoms with Crippen molar-refractivity contribution in [3.63, 3.8) is 0 Å². The summed E-state index contributed by atoms with van der Waals surface area (Å²) in [5.74, 6) is 1.13. The molecule has 0 radical (unpaired) electrons. The number of amides is 2. The van der Waals surface area contributed by atoms with Crippen LogP contribution in [0.1, 0.15) is 28.4 Å². The van der Waals surface area contributed by atoms with Crippen molar-refractivity contribution in [3.05, 3.63) is 47.3 Å². The Morgan fingerprint density at radius 3 is 2.71 bits per heavy atom. The van der Waals surface area contributed by atoms with Crippen LogP contribution in [0.3, 0.4) is 0 Å². The van der Waals surface area contributed by atoms with Crippen LogP contribution in [0.25, 0.3) is 0 Å². The minimum Gasteiger partial charge on any atom is -0.496 e. The SMILES string of the molecule is COc1cc2c(c(OC)c1C)N=C(N(NC(C)=O)C(=O)c1cccnc1)N1CCN=C21. The summed E-state index contributed by atoms with van der Waals surface area (Å²) >= 11 is 0. The van der Waals surface area contributed by atoms with Gasteiger partial charge in [-0.05, 0) is 25.1 Å². The first kappa shape index (κ1) is 20.3. The van der Waals surface area contributed by atoms with Crippen LogP contribution in [0.15, 0.2) is 40.6 Å². The molecule has 4 rings (SSSR count). The predicted octanol–water partition coefficient (Wildman–Crippen LogP) is 1.66. The van der Waals surface area contributed by atoms with Crippen LogP contribution in [0, 0.1) is 6.92 Å². The molecule has 2 amide bonds. The van der Waals surface area contributed by atoms with Gasteiger partial charge in [-0.1, -0.05) is 0 Å². The van der Waals surface area contributed by atoms with Gasteiger partial charge in [-0.2, -0.15) is 5.01 Å². The number of methoxy groups -OCH3 is 2. The van der Waals surface area contributed by atoms with Gasteiger partial charge in [0.2, 0.25) is 11.9 Å². The lowest BCUT2D eigenvalue weighted by Gasteiger charge is -2.34. The van der Waals surface area contributed by atoms with Gasteiger partial charge >= 0.3 is 0 Å². The van der Waals surface area contributed by atoms with Crippen LogP contribution in [0.4, 0.5) is 5.69 Å². The van der Waals surface area contributed by atoms with Crippen LogP contribution in [-0.2, 0) is 4.79 Å². The van der Waals surface area contributed by atoms with E-state index in [1.165, 1.54) is 13.1 Å². The zero-order chi connectivity index (χ0) is 22.1. The van der Waals surface area contributed by atoms with E-state index in [1.54, 1.807) is 37.4 Å². The van der Waals surface area contributed by atoms with Gasteiger partial charge in [0, 0.05) is 31.4 Å². The number of guanidine groups is 1. The number of aliphatic imine (C=N–C) groups is 2. The number of nitrogens with zero attached hydrogens (tertiary/aromatic N) is 5. The second-order valence-corrected chi connectivity index (χ2v) is 6.95. The number of hydrogen-bond donors (Lipinski definition) is 1. The summed E-state index contributed by atoms with van der Waals surface area (Å²) < 4.78 is 11.1. The van der Waals surface area contributed by atoms with E-state index in [9.17, 15) is 9.59 Å². The number of carbonyl (C=O) groups is 2. The van der Waals surface area contributed by atoms with Crippen LogP contribution in [-0.4, -0.2) is 65.8 Å². The average molecular weight is 422 g/mol. The minimum absolute atomic E-state index is 0.232. The maximum atomic E-state index is 13.3. The van der Waals surface area contributed by atoms with Crippen molar-refractivity contribution in [2.24, 2.45) is 9.98 Å². The quantitative estimate of drug-likeness (QED) is 0.754. The molecule has 2 aliphatic rings. The number of fused-ring (bicyclic) bond motifs is 3. The summed E-state index contributed by atoms with van der Waals surface area (Å²) in [7, 11) is 3.14. The molecule has 160 valence electrons. The molecular weight excluding hydrogens is 400 g/mol. The highest BCUT2D eigenvalue weighted by molar-refractivity contribution is 6.20. The summed E-state index contributed by atoms with van der Waals surface area (Å²) in [5.41, 5.74) is 4.91. The number of pyridine rings is 1. The molecule has 0 saturated heterocycles. The standard InChI is InChI=1S/C21H22N6O4/c1-12-16(30-3)10-15-17(18(12)31-4)24-21(26-9-8-23-19(15)26)27(25-13(2)28)20(29)14-6-5-7-22-11-14/h5-7,10-11H,8-9H2,1-4H3,(H,25,28). The Kier molecular flexibility index (Phi) is 5.28. The molecule has 1 N–H and O–H groups in total. The lowest BCUT2D eigenvalue weighted by molar-refractivity contribution is -0.121. The van der Waals surface area contributed by atoms with Crippen molar-refractivity contribution < 1.29 is 19.1 Å². The largest absolute Gasteiger partial charge is 0.496 e. The highest BCUT2D eigenvalue weighted by Gasteiger charge is 2.38. The molecule has 0 fully saturated rings. The summed E-state index contributed by atoms with van der Waals surface area (Å²) in [4.78, 5) is 40.4. The van der Waals surface area contributed by atoms with Gasteiger partial charge in [0.05, 0.1) is 31.9 Å². The highest BCUT2D eigenvalue weighted by atomic mass is 16.5. The first-order valence-electron chi connectivity index (χ1n) is 9.64. The topological polar surface area (TPSA) is 109 Å². The van der Waals surface area contributed by atoms with Crippen LogP contribution >= 0.6 is 0 Å². The molecule has 0 spiro atoms. The number of nitrogens with one attached hydrogen (secondary N) is 1. The van der Waals surface area contributed by atoms with Crippen LogP contribution in [0.2, 0.25) is 0 Å². The third kappa shape index (κ3) is 3.45. The molecule has 1 aromatic heterocycles. The fourth-order valence-electron chi connectivity index (χ4n) is 3.63. The van der Waals surface area contributed by atoms with Crippen LogP contribution in [0.5, 0.6) is 11.5 Å². The zero-order valence-electron chi connectivity index (χ0n) is 17.7. The lowest BCUT2D eigenvalue weighted by atomic mass is 10.0. The molecule has 0 saturated carbocycles. The van der Waals surface area contributed by atoms with E-state index >= 15 is 0 Å². The number of ether oxygens (including phenoxy) is 2. The Labute approximate surface area is 179 Å². The van der Waals surface area contributed by atoms with Gasteiger partial charge in [-0.15, -0.1) is 0 Å². The van der Waals surface area contributed by atoms with Crippen molar-refractivity contribution in [2.75, 3.05) is 27.3 Å². The summed E-state index contributed by atoms with van der Waals surface area (Å²) in [6, 6.07) is 5.13. The molecule has 2 aliphatic heterocycles. The second-order valence-electron chi connectivity index (χ2n) is 6.95. The molecule has 1 aromatic carbocycles. The molecule has 3 heterocycles. The Morgan fingerprint density at radius 2 is 2.06 bits per heavy atom. The molecule has 31 heavy (non-hydrogen) atoms. The van der Waals surface area contributed by atoms with Gasteiger partial charge in [0.15, 0.2) is 5.75 Å². The van der Waals surface area contributed by atoms with E-state index in [0.29, 0.717) is 41.7 Å². The third-order valence-corrected chi connectivity index (χ3v) is 5.00. The predicted molar refractivity (Wildman–Crippen MR) is 114 cm³/mol. The third-order valence-electron chi connectivity index (χ3n) is 5.00. The number of amidine groups is 1. The van der Waals surface area contributed by atoms with E-state index in [1.807, 2.05) is 13.0 Å². The lowest BCUT2D eigenvalue weighted by Crippen LogP contribution is -2.57. The smallest absolute Gasteiger partial charge is 0.281 e. The van der Waals surface area contributed by atoms with Crippen molar-refractivity contribution in [1.29, 1.82) is 0 Å². The van der Waals surface area contributed by atoms with Gasteiger partial charge in [-0.3, -0.25) is 29.9 Å².